The number of hydrogen-bond donors (Lipinski definition) is 2. The fraction of sp³-hybridized carbons (Fsp3) is 0.267. The number of nitrogens with zero attached hydrogens (tertiary/aromatic N) is 2. The monoisotopic (exact) mass is 286 g/mol. The molecule has 0 saturated heterocycles. The van der Waals surface area contributed by atoms with Crippen LogP contribution in [-0.4, -0.2) is 22.3 Å². The first-order chi connectivity index (χ1) is 10.0. The number of rotatable bonds is 5. The standard InChI is InChI=1S/C15H18N4O2/c1-10(2)21-13-6-4-5-12(8-13)9-16-19-15-17-11(3)7-14(20)18-15/h4-10H,1-3H3,(H2,17,18,19,20)/b16-9-. The maximum absolute atomic E-state index is 11.3. The minimum Gasteiger partial charge on any atom is -0.491 e. The first kappa shape index (κ1) is 14.8. The zero-order valence-corrected chi connectivity index (χ0v) is 12.3. The summed E-state index contributed by atoms with van der Waals surface area (Å²) in [7, 11) is 0. The van der Waals surface area contributed by atoms with Gasteiger partial charge >= 0.3 is 0 Å². The van der Waals surface area contributed by atoms with Crippen molar-refractivity contribution in [3.8, 4) is 5.75 Å². The highest BCUT2D eigenvalue weighted by Gasteiger charge is 1.98. The summed E-state index contributed by atoms with van der Waals surface area (Å²) in [6.45, 7) is 5.70. The van der Waals surface area contributed by atoms with Crippen molar-refractivity contribution in [2.75, 3.05) is 5.43 Å². The number of benzene rings is 1. The van der Waals surface area contributed by atoms with Gasteiger partial charge in [-0.3, -0.25) is 9.78 Å². The van der Waals surface area contributed by atoms with E-state index in [4.69, 9.17) is 4.74 Å². The number of hydrogen-bond acceptors (Lipinski definition) is 5. The zero-order valence-electron chi connectivity index (χ0n) is 12.3. The van der Waals surface area contributed by atoms with Crippen LogP contribution in [0.4, 0.5) is 5.95 Å². The molecular formula is C15H18N4O2. The summed E-state index contributed by atoms with van der Waals surface area (Å²) < 4.78 is 5.61. The first-order valence-corrected chi connectivity index (χ1v) is 6.67. The van der Waals surface area contributed by atoms with Crippen molar-refractivity contribution >= 4 is 12.2 Å². The molecule has 0 spiro atoms. The Kier molecular flexibility index (Phi) is 4.71. The molecule has 0 unspecified atom stereocenters. The molecule has 0 radical (unpaired) electrons. The summed E-state index contributed by atoms with van der Waals surface area (Å²) in [5, 5.41) is 4.05. The fourth-order valence-corrected chi connectivity index (χ4v) is 1.74. The molecule has 0 aliphatic heterocycles. The number of anilines is 1. The molecule has 2 N–H and O–H groups in total. The second-order valence-corrected chi connectivity index (χ2v) is 4.84. The van der Waals surface area contributed by atoms with Gasteiger partial charge in [0.05, 0.1) is 12.3 Å². The number of aromatic nitrogens is 2. The minimum atomic E-state index is -0.215. The molecule has 0 aliphatic rings. The molecule has 110 valence electrons. The van der Waals surface area contributed by atoms with Crippen molar-refractivity contribution in [2.24, 2.45) is 5.10 Å². The molecule has 0 fully saturated rings. The van der Waals surface area contributed by atoms with Crippen LogP contribution in [0.15, 0.2) is 40.2 Å². The van der Waals surface area contributed by atoms with E-state index < -0.39 is 0 Å². The molecular weight excluding hydrogens is 268 g/mol. The molecule has 2 aromatic rings. The fourth-order valence-electron chi connectivity index (χ4n) is 1.74. The van der Waals surface area contributed by atoms with Gasteiger partial charge in [0.1, 0.15) is 5.75 Å². The van der Waals surface area contributed by atoms with Crippen LogP contribution in [-0.2, 0) is 0 Å². The summed E-state index contributed by atoms with van der Waals surface area (Å²) >= 11 is 0. The third-order valence-corrected chi connectivity index (χ3v) is 2.48. The van der Waals surface area contributed by atoms with Crippen LogP contribution in [0.5, 0.6) is 5.75 Å². The zero-order chi connectivity index (χ0) is 15.2. The van der Waals surface area contributed by atoms with E-state index in [1.165, 1.54) is 6.07 Å². The molecule has 0 aliphatic carbocycles. The number of H-pyrrole nitrogens is 1. The Morgan fingerprint density at radius 2 is 2.19 bits per heavy atom. The highest BCUT2D eigenvalue weighted by Crippen LogP contribution is 2.13. The molecule has 21 heavy (non-hydrogen) atoms. The Labute approximate surface area is 122 Å². The largest absolute Gasteiger partial charge is 0.491 e. The Balaban J connectivity index is 2.05. The van der Waals surface area contributed by atoms with Crippen LogP contribution in [0, 0.1) is 6.92 Å². The van der Waals surface area contributed by atoms with Crippen molar-refractivity contribution in [3.63, 3.8) is 0 Å². The summed E-state index contributed by atoms with van der Waals surface area (Å²) in [6, 6.07) is 9.00. The third kappa shape index (κ3) is 4.76. The highest BCUT2D eigenvalue weighted by molar-refractivity contribution is 5.80. The summed E-state index contributed by atoms with van der Waals surface area (Å²) in [5.74, 6) is 1.10. The lowest BCUT2D eigenvalue weighted by Crippen LogP contribution is -2.10. The molecule has 2 rings (SSSR count). The van der Waals surface area contributed by atoms with Crippen molar-refractivity contribution in [2.45, 2.75) is 26.9 Å². The number of aryl methyl sites for hydroxylation is 1. The van der Waals surface area contributed by atoms with Gasteiger partial charge in [-0.1, -0.05) is 12.1 Å². The summed E-state index contributed by atoms with van der Waals surface area (Å²) in [6.07, 6.45) is 1.76. The predicted octanol–water partition coefficient (Wildman–Crippen LogP) is 2.31. The Bertz CT molecular complexity index is 692. The first-order valence-electron chi connectivity index (χ1n) is 6.67. The van der Waals surface area contributed by atoms with Gasteiger partial charge in [-0.25, -0.2) is 10.4 Å². The van der Waals surface area contributed by atoms with Crippen LogP contribution in [0.2, 0.25) is 0 Å². The van der Waals surface area contributed by atoms with E-state index in [1.54, 1.807) is 13.1 Å². The predicted molar refractivity (Wildman–Crippen MR) is 83.0 cm³/mol. The Morgan fingerprint density at radius 3 is 2.90 bits per heavy atom. The van der Waals surface area contributed by atoms with Gasteiger partial charge in [0.15, 0.2) is 0 Å². The molecule has 1 heterocycles. The van der Waals surface area contributed by atoms with E-state index in [1.807, 2.05) is 38.1 Å². The second kappa shape index (κ2) is 6.69. The summed E-state index contributed by atoms with van der Waals surface area (Å²) in [4.78, 5) is 18.0. The minimum absolute atomic E-state index is 0.122. The number of aromatic amines is 1. The van der Waals surface area contributed by atoms with Gasteiger partial charge in [-0.15, -0.1) is 0 Å². The SMILES string of the molecule is Cc1cc(=O)[nH]c(N/N=C\c2cccc(OC(C)C)c2)n1. The van der Waals surface area contributed by atoms with E-state index in [9.17, 15) is 4.79 Å². The van der Waals surface area contributed by atoms with Gasteiger partial charge in [-0.05, 0) is 38.5 Å². The molecule has 1 aromatic carbocycles. The van der Waals surface area contributed by atoms with Crippen LogP contribution in [0.1, 0.15) is 25.1 Å². The molecule has 1 aromatic heterocycles. The summed E-state index contributed by atoms with van der Waals surface area (Å²) in [5.41, 5.74) is 4.00. The van der Waals surface area contributed by atoms with Crippen molar-refractivity contribution in [1.82, 2.24) is 9.97 Å². The van der Waals surface area contributed by atoms with Gasteiger partial charge in [0.25, 0.3) is 5.56 Å². The lowest BCUT2D eigenvalue weighted by molar-refractivity contribution is 0.242. The van der Waals surface area contributed by atoms with E-state index in [2.05, 4.69) is 20.5 Å². The van der Waals surface area contributed by atoms with Crippen molar-refractivity contribution in [3.05, 3.63) is 51.9 Å². The third-order valence-electron chi connectivity index (χ3n) is 2.48. The lowest BCUT2D eigenvalue weighted by Gasteiger charge is -2.09. The molecule has 0 saturated carbocycles. The number of hydrazone groups is 1. The molecule has 0 amide bonds. The Morgan fingerprint density at radius 1 is 1.38 bits per heavy atom. The molecule has 6 heteroatoms. The van der Waals surface area contributed by atoms with Crippen LogP contribution >= 0.6 is 0 Å². The van der Waals surface area contributed by atoms with E-state index in [-0.39, 0.29) is 11.7 Å². The van der Waals surface area contributed by atoms with Crippen molar-refractivity contribution in [1.29, 1.82) is 0 Å². The van der Waals surface area contributed by atoms with Gasteiger partial charge in [0.2, 0.25) is 5.95 Å². The van der Waals surface area contributed by atoms with Gasteiger partial charge in [0, 0.05) is 11.8 Å². The maximum Gasteiger partial charge on any atom is 0.252 e. The quantitative estimate of drug-likeness (QED) is 0.653. The van der Waals surface area contributed by atoms with Gasteiger partial charge < -0.3 is 4.74 Å². The highest BCUT2D eigenvalue weighted by atomic mass is 16.5. The van der Waals surface area contributed by atoms with Crippen LogP contribution in [0.25, 0.3) is 0 Å². The van der Waals surface area contributed by atoms with Crippen LogP contribution in [0.3, 0.4) is 0 Å². The molecule has 0 atom stereocenters. The maximum atomic E-state index is 11.3. The number of ether oxygens (including phenoxy) is 1. The van der Waals surface area contributed by atoms with E-state index in [0.717, 1.165) is 11.3 Å². The van der Waals surface area contributed by atoms with E-state index >= 15 is 0 Å². The molecule has 6 nitrogen and oxygen atoms in total. The topological polar surface area (TPSA) is 79.4 Å². The second-order valence-electron chi connectivity index (χ2n) is 4.84. The van der Waals surface area contributed by atoms with Crippen molar-refractivity contribution < 1.29 is 4.74 Å². The molecule has 0 bridgehead atoms. The smallest absolute Gasteiger partial charge is 0.252 e. The average molecular weight is 286 g/mol. The Hall–Kier alpha value is -2.63. The lowest BCUT2D eigenvalue weighted by atomic mass is 10.2. The van der Waals surface area contributed by atoms with Crippen LogP contribution < -0.4 is 15.7 Å². The van der Waals surface area contributed by atoms with Gasteiger partial charge in [-0.2, -0.15) is 5.10 Å². The van der Waals surface area contributed by atoms with E-state index in [0.29, 0.717) is 11.6 Å². The normalized spacial score (nSPS) is 11.0. The number of nitrogens with one attached hydrogen (secondary N) is 2. The average Bonchev–Trinajstić information content (AvgIpc) is 2.37.